The van der Waals surface area contributed by atoms with Crippen molar-refractivity contribution in [2.45, 2.75) is 24.3 Å². The number of amides is 1. The van der Waals surface area contributed by atoms with Crippen LogP contribution >= 0.6 is 23.1 Å². The molecule has 3 rings (SSSR count). The Morgan fingerprint density at radius 3 is 2.77 bits per heavy atom. The van der Waals surface area contributed by atoms with Gasteiger partial charge in [0.15, 0.2) is 4.34 Å². The Morgan fingerprint density at radius 1 is 1.27 bits per heavy atom. The number of hydrogen-bond acceptors (Lipinski definition) is 6. The van der Waals surface area contributed by atoms with Gasteiger partial charge in [0, 0.05) is 0 Å². The van der Waals surface area contributed by atoms with Crippen molar-refractivity contribution in [3.05, 3.63) is 54.1 Å². The van der Waals surface area contributed by atoms with Crippen molar-refractivity contribution < 1.29 is 9.53 Å². The summed E-state index contributed by atoms with van der Waals surface area (Å²) < 4.78 is 7.59. The molecule has 5 nitrogen and oxygen atoms in total. The van der Waals surface area contributed by atoms with E-state index in [1.165, 1.54) is 11.8 Å². The summed E-state index contributed by atoms with van der Waals surface area (Å²) in [5.41, 5.74) is 4.39. The molecule has 0 aliphatic rings. The number of fused-ring (bicyclic) bond motifs is 1. The van der Waals surface area contributed by atoms with E-state index in [-0.39, 0.29) is 17.8 Å². The molecule has 0 aliphatic carbocycles. The van der Waals surface area contributed by atoms with Crippen molar-refractivity contribution in [1.82, 2.24) is 10.4 Å². The minimum absolute atomic E-state index is 0.140. The van der Waals surface area contributed by atoms with E-state index in [1.807, 2.05) is 62.4 Å². The van der Waals surface area contributed by atoms with Crippen molar-refractivity contribution in [2.75, 3.05) is 5.75 Å². The summed E-state index contributed by atoms with van der Waals surface area (Å²) in [6.45, 7) is 3.97. The molecule has 0 aliphatic heterocycles. The van der Waals surface area contributed by atoms with Crippen LogP contribution < -0.4 is 10.2 Å². The second kappa shape index (κ2) is 8.82. The fraction of sp³-hybridized carbons (Fsp3) is 0.211. The number of rotatable bonds is 7. The highest BCUT2D eigenvalue weighted by Crippen LogP contribution is 2.28. The van der Waals surface area contributed by atoms with Gasteiger partial charge in [-0.1, -0.05) is 23.9 Å². The number of thioether (sulfide) groups is 1. The van der Waals surface area contributed by atoms with Crippen molar-refractivity contribution in [3.8, 4) is 5.75 Å². The van der Waals surface area contributed by atoms with E-state index >= 15 is 0 Å². The van der Waals surface area contributed by atoms with Crippen LogP contribution in [0.15, 0.2) is 58.0 Å². The number of aromatic nitrogens is 1. The zero-order valence-corrected chi connectivity index (χ0v) is 16.1. The third-order valence-electron chi connectivity index (χ3n) is 3.26. The van der Waals surface area contributed by atoms with Gasteiger partial charge in [-0.15, -0.1) is 11.3 Å². The maximum absolute atomic E-state index is 11.9. The predicted octanol–water partition coefficient (Wildman–Crippen LogP) is 4.33. The summed E-state index contributed by atoms with van der Waals surface area (Å²) in [4.78, 5) is 16.4. The molecule has 0 saturated carbocycles. The smallest absolute Gasteiger partial charge is 0.250 e. The first-order valence-corrected chi connectivity index (χ1v) is 9.97. The third kappa shape index (κ3) is 5.31. The predicted molar refractivity (Wildman–Crippen MR) is 108 cm³/mol. The third-order valence-corrected chi connectivity index (χ3v) is 5.44. The first kappa shape index (κ1) is 18.4. The Hall–Kier alpha value is -2.38. The number of thiazole rings is 1. The first-order chi connectivity index (χ1) is 12.6. The van der Waals surface area contributed by atoms with Gasteiger partial charge in [-0.25, -0.2) is 10.4 Å². The highest BCUT2D eigenvalue weighted by molar-refractivity contribution is 8.01. The van der Waals surface area contributed by atoms with Crippen molar-refractivity contribution in [2.24, 2.45) is 5.10 Å². The van der Waals surface area contributed by atoms with E-state index in [2.05, 4.69) is 15.5 Å². The molecule has 0 bridgehead atoms. The fourth-order valence-corrected chi connectivity index (χ4v) is 4.02. The molecule has 0 radical (unpaired) electrons. The van der Waals surface area contributed by atoms with Crippen LogP contribution in [0.5, 0.6) is 5.75 Å². The summed E-state index contributed by atoms with van der Waals surface area (Å²) in [5.74, 6) is 0.928. The van der Waals surface area contributed by atoms with Crippen molar-refractivity contribution in [1.29, 1.82) is 0 Å². The maximum Gasteiger partial charge on any atom is 0.250 e. The summed E-state index contributed by atoms with van der Waals surface area (Å²) in [5, 5.41) is 3.99. The van der Waals surface area contributed by atoms with Crippen molar-refractivity contribution in [3.63, 3.8) is 0 Å². The number of para-hydroxylation sites is 1. The summed E-state index contributed by atoms with van der Waals surface area (Å²) in [6, 6.07) is 15.5. The average molecular weight is 386 g/mol. The Morgan fingerprint density at radius 2 is 2.04 bits per heavy atom. The van der Waals surface area contributed by atoms with Crippen molar-refractivity contribution >= 4 is 45.4 Å². The summed E-state index contributed by atoms with van der Waals surface area (Å²) in [6.07, 6.45) is 1.75. The number of nitrogens with zero attached hydrogens (tertiary/aromatic N) is 2. The molecular weight excluding hydrogens is 366 g/mol. The topological polar surface area (TPSA) is 63.6 Å². The lowest BCUT2D eigenvalue weighted by atomic mass is 10.2. The SMILES string of the molecule is CC(C)Oc1ccc(/C=N/NC(=O)CSc2nc3ccccc3s2)cc1. The van der Waals surface area contributed by atoms with Gasteiger partial charge >= 0.3 is 0 Å². The second-order valence-corrected chi connectivity index (χ2v) is 8.02. The Labute approximate surface area is 160 Å². The molecule has 0 atom stereocenters. The largest absolute Gasteiger partial charge is 0.491 e. The molecule has 7 heteroatoms. The Balaban J connectivity index is 1.46. The molecule has 3 aromatic rings. The van der Waals surface area contributed by atoms with Crippen LogP contribution in [0, 0.1) is 0 Å². The Bertz CT molecular complexity index is 872. The van der Waals surface area contributed by atoms with E-state index in [1.54, 1.807) is 17.6 Å². The second-order valence-electron chi connectivity index (χ2n) is 5.76. The van der Waals surface area contributed by atoms with E-state index in [0.29, 0.717) is 0 Å². The maximum atomic E-state index is 11.9. The van der Waals surface area contributed by atoms with E-state index in [0.717, 1.165) is 25.9 Å². The van der Waals surface area contributed by atoms with Gasteiger partial charge in [0.25, 0.3) is 5.91 Å². The van der Waals surface area contributed by atoms with Gasteiger partial charge in [-0.2, -0.15) is 5.10 Å². The van der Waals surface area contributed by atoms with Crippen LogP contribution in [0.1, 0.15) is 19.4 Å². The first-order valence-electron chi connectivity index (χ1n) is 8.17. The molecule has 1 N–H and O–H groups in total. The molecule has 1 heterocycles. The zero-order valence-electron chi connectivity index (χ0n) is 14.5. The van der Waals surface area contributed by atoms with Gasteiger partial charge < -0.3 is 4.74 Å². The quantitative estimate of drug-likeness (QED) is 0.374. The molecule has 0 fully saturated rings. The molecule has 134 valence electrons. The van der Waals surface area contributed by atoms with Crippen LogP contribution in [0.3, 0.4) is 0 Å². The van der Waals surface area contributed by atoms with E-state index < -0.39 is 0 Å². The van der Waals surface area contributed by atoms with Gasteiger partial charge in [-0.05, 0) is 55.8 Å². The average Bonchev–Trinajstić information content (AvgIpc) is 3.04. The summed E-state index contributed by atoms with van der Waals surface area (Å²) in [7, 11) is 0. The fourth-order valence-electron chi connectivity index (χ4n) is 2.16. The standard InChI is InChI=1S/C19H19N3O2S2/c1-13(2)24-15-9-7-14(8-10-15)11-20-22-18(23)12-25-19-21-16-5-3-4-6-17(16)26-19/h3-11,13H,12H2,1-2H3,(H,22,23)/b20-11+. The number of benzene rings is 2. The molecule has 0 saturated heterocycles. The molecule has 2 aromatic carbocycles. The highest BCUT2D eigenvalue weighted by Gasteiger charge is 2.06. The highest BCUT2D eigenvalue weighted by atomic mass is 32.2. The Kier molecular flexibility index (Phi) is 6.25. The van der Waals surface area contributed by atoms with Crippen LogP contribution in [0.2, 0.25) is 0 Å². The van der Waals surface area contributed by atoms with Gasteiger partial charge in [0.1, 0.15) is 5.75 Å². The van der Waals surface area contributed by atoms with Gasteiger partial charge in [0.05, 0.1) is 28.3 Å². The number of ether oxygens (including phenoxy) is 1. The van der Waals surface area contributed by atoms with Gasteiger partial charge in [0.2, 0.25) is 0 Å². The lowest BCUT2D eigenvalue weighted by Crippen LogP contribution is -2.19. The summed E-state index contributed by atoms with van der Waals surface area (Å²) >= 11 is 3.00. The normalized spacial score (nSPS) is 11.3. The molecule has 26 heavy (non-hydrogen) atoms. The van der Waals surface area contributed by atoms with Crippen LogP contribution in [-0.2, 0) is 4.79 Å². The molecule has 0 spiro atoms. The van der Waals surface area contributed by atoms with Crippen LogP contribution in [-0.4, -0.2) is 29.0 Å². The number of carbonyl (C=O) groups excluding carboxylic acids is 1. The molecule has 0 unspecified atom stereocenters. The zero-order chi connectivity index (χ0) is 18.4. The van der Waals surface area contributed by atoms with E-state index in [9.17, 15) is 4.79 Å². The number of hydrogen-bond donors (Lipinski definition) is 1. The van der Waals surface area contributed by atoms with Crippen LogP contribution in [0.4, 0.5) is 0 Å². The lowest BCUT2D eigenvalue weighted by molar-refractivity contribution is -0.118. The molecule has 1 amide bonds. The molecular formula is C19H19N3O2S2. The minimum atomic E-state index is -0.162. The minimum Gasteiger partial charge on any atom is -0.491 e. The molecule has 1 aromatic heterocycles. The lowest BCUT2D eigenvalue weighted by Gasteiger charge is -2.09. The number of nitrogens with one attached hydrogen (secondary N) is 1. The monoisotopic (exact) mass is 385 g/mol. The van der Waals surface area contributed by atoms with Crippen LogP contribution in [0.25, 0.3) is 10.2 Å². The van der Waals surface area contributed by atoms with Gasteiger partial charge in [-0.3, -0.25) is 4.79 Å². The number of carbonyl (C=O) groups is 1. The van der Waals surface area contributed by atoms with E-state index in [4.69, 9.17) is 4.74 Å². The number of hydrazone groups is 1.